The number of aliphatic hydroxyl groups excluding tert-OH is 2. The van der Waals surface area contributed by atoms with Crippen LogP contribution < -0.4 is 26.5 Å². The fourth-order valence-corrected chi connectivity index (χ4v) is 5.53. The molecular formula is C30H31N3O7. The number of aromatic nitrogens is 2. The molecule has 10 nitrogen and oxygen atoms in total. The van der Waals surface area contributed by atoms with E-state index in [4.69, 9.17) is 19.9 Å². The van der Waals surface area contributed by atoms with Crippen molar-refractivity contribution in [2.75, 3.05) is 14.2 Å². The van der Waals surface area contributed by atoms with Gasteiger partial charge in [-0.3, -0.25) is 14.3 Å². The van der Waals surface area contributed by atoms with E-state index < -0.39 is 47.2 Å². The lowest BCUT2D eigenvalue weighted by molar-refractivity contribution is -0.0978. The molecule has 1 unspecified atom stereocenters. The summed E-state index contributed by atoms with van der Waals surface area (Å²) in [5.74, 6) is 1.26. The monoisotopic (exact) mass is 545 g/mol. The Morgan fingerprint density at radius 3 is 1.90 bits per heavy atom. The number of aliphatic hydroxyl groups is 2. The van der Waals surface area contributed by atoms with Crippen molar-refractivity contribution >= 4 is 0 Å². The van der Waals surface area contributed by atoms with Gasteiger partial charge in [0.2, 0.25) is 0 Å². The molecule has 5 N–H and O–H groups in total. The summed E-state index contributed by atoms with van der Waals surface area (Å²) in [5, 5.41) is 23.7. The average Bonchev–Trinajstić information content (AvgIpc) is 3.28. The summed E-state index contributed by atoms with van der Waals surface area (Å²) in [5.41, 5.74) is 5.90. The van der Waals surface area contributed by atoms with Crippen molar-refractivity contribution in [3.8, 4) is 11.5 Å². The Labute approximate surface area is 230 Å². The number of hydrogen-bond donors (Lipinski definition) is 4. The van der Waals surface area contributed by atoms with E-state index >= 15 is 0 Å². The van der Waals surface area contributed by atoms with Crippen molar-refractivity contribution in [3.63, 3.8) is 0 Å². The number of nitrogens with two attached hydrogens (primary N) is 1. The number of methoxy groups -OCH3 is 2. The predicted molar refractivity (Wildman–Crippen MR) is 148 cm³/mol. The third kappa shape index (κ3) is 4.61. The van der Waals surface area contributed by atoms with Crippen LogP contribution in [0.4, 0.5) is 0 Å². The molecule has 1 aromatic heterocycles. The maximum absolute atomic E-state index is 12.5. The van der Waals surface area contributed by atoms with Crippen LogP contribution in [0, 0.1) is 0 Å². The molecule has 5 rings (SSSR count). The molecular weight excluding hydrogens is 514 g/mol. The molecule has 0 aliphatic carbocycles. The van der Waals surface area contributed by atoms with E-state index in [1.54, 1.807) is 38.5 Å². The van der Waals surface area contributed by atoms with Crippen molar-refractivity contribution in [3.05, 3.63) is 129 Å². The molecule has 4 aromatic rings. The van der Waals surface area contributed by atoms with E-state index in [9.17, 15) is 19.8 Å². The van der Waals surface area contributed by atoms with Crippen molar-refractivity contribution in [2.45, 2.75) is 36.0 Å². The van der Waals surface area contributed by atoms with Gasteiger partial charge < -0.3 is 30.2 Å². The minimum absolute atomic E-state index is 0.577. The molecule has 0 spiro atoms. The average molecular weight is 546 g/mol. The Balaban J connectivity index is 1.70. The number of nitrogens with one attached hydrogen (secondary N) is 1. The van der Waals surface area contributed by atoms with Crippen LogP contribution in [0.3, 0.4) is 0 Å². The first kappa shape index (κ1) is 27.4. The molecule has 0 bridgehead atoms. The van der Waals surface area contributed by atoms with Crippen LogP contribution in [0.2, 0.25) is 0 Å². The molecule has 0 radical (unpaired) electrons. The topological polar surface area (TPSA) is 149 Å². The highest BCUT2D eigenvalue weighted by Crippen LogP contribution is 2.47. The Kier molecular flexibility index (Phi) is 7.59. The largest absolute Gasteiger partial charge is 0.497 e. The second-order valence-electron chi connectivity index (χ2n) is 9.65. The minimum Gasteiger partial charge on any atom is -0.497 e. The van der Waals surface area contributed by atoms with E-state index in [1.807, 2.05) is 54.6 Å². The van der Waals surface area contributed by atoms with Gasteiger partial charge in [0.1, 0.15) is 29.8 Å². The third-order valence-electron chi connectivity index (χ3n) is 7.56. The van der Waals surface area contributed by atoms with E-state index in [1.165, 1.54) is 6.20 Å². The molecule has 2 heterocycles. The Hall–Kier alpha value is -4.22. The van der Waals surface area contributed by atoms with Gasteiger partial charge in [-0.1, -0.05) is 54.6 Å². The van der Waals surface area contributed by atoms with Gasteiger partial charge in [-0.15, -0.1) is 0 Å². The Morgan fingerprint density at radius 1 is 0.875 bits per heavy atom. The first-order chi connectivity index (χ1) is 19.3. The molecule has 0 amide bonds. The smallest absolute Gasteiger partial charge is 0.330 e. The van der Waals surface area contributed by atoms with Crippen molar-refractivity contribution in [2.24, 2.45) is 5.73 Å². The van der Waals surface area contributed by atoms with Crippen molar-refractivity contribution in [1.29, 1.82) is 0 Å². The predicted octanol–water partition coefficient (Wildman–Crippen LogP) is 1.53. The van der Waals surface area contributed by atoms with Crippen LogP contribution in [0.1, 0.15) is 22.9 Å². The van der Waals surface area contributed by atoms with Gasteiger partial charge in [-0.05, 0) is 41.0 Å². The van der Waals surface area contributed by atoms with Gasteiger partial charge in [0.05, 0.1) is 25.7 Å². The molecule has 0 saturated carbocycles. The summed E-state index contributed by atoms with van der Waals surface area (Å²) < 4.78 is 18.0. The summed E-state index contributed by atoms with van der Waals surface area (Å²) in [7, 11) is 3.14. The van der Waals surface area contributed by atoms with E-state index in [0.717, 1.165) is 16.2 Å². The zero-order valence-corrected chi connectivity index (χ0v) is 22.0. The highest BCUT2D eigenvalue weighted by atomic mass is 16.5. The second-order valence-corrected chi connectivity index (χ2v) is 9.65. The third-order valence-corrected chi connectivity index (χ3v) is 7.56. The van der Waals surface area contributed by atoms with Crippen molar-refractivity contribution < 1.29 is 24.4 Å². The number of rotatable bonds is 8. The first-order valence-electron chi connectivity index (χ1n) is 12.7. The molecule has 40 heavy (non-hydrogen) atoms. The zero-order valence-electron chi connectivity index (χ0n) is 22.0. The van der Waals surface area contributed by atoms with Crippen LogP contribution in [0.15, 0.2) is 101 Å². The lowest BCUT2D eigenvalue weighted by Crippen LogP contribution is -2.53. The summed E-state index contributed by atoms with van der Waals surface area (Å²) in [6.45, 7) is 0. The fourth-order valence-electron chi connectivity index (χ4n) is 5.53. The maximum atomic E-state index is 12.5. The van der Waals surface area contributed by atoms with Gasteiger partial charge in [0.15, 0.2) is 6.23 Å². The molecule has 3 aromatic carbocycles. The van der Waals surface area contributed by atoms with Crippen LogP contribution in [-0.4, -0.2) is 58.3 Å². The molecule has 1 aliphatic rings. The van der Waals surface area contributed by atoms with Gasteiger partial charge in [-0.2, -0.15) is 0 Å². The second kappa shape index (κ2) is 11.1. The van der Waals surface area contributed by atoms with Gasteiger partial charge in [0.25, 0.3) is 5.56 Å². The lowest BCUT2D eigenvalue weighted by Gasteiger charge is -2.43. The van der Waals surface area contributed by atoms with Crippen LogP contribution in [0.5, 0.6) is 11.5 Å². The Morgan fingerprint density at radius 2 is 1.40 bits per heavy atom. The van der Waals surface area contributed by atoms with Crippen LogP contribution >= 0.6 is 0 Å². The van der Waals surface area contributed by atoms with Gasteiger partial charge >= 0.3 is 5.69 Å². The molecule has 5 atom stereocenters. The molecule has 1 saturated heterocycles. The van der Waals surface area contributed by atoms with Gasteiger partial charge in [0, 0.05) is 12.3 Å². The number of H-pyrrole nitrogens is 1. The van der Waals surface area contributed by atoms with E-state index in [0.29, 0.717) is 22.6 Å². The molecule has 208 valence electrons. The van der Waals surface area contributed by atoms with Crippen LogP contribution in [-0.2, 0) is 10.2 Å². The Bertz CT molecular complexity index is 1500. The number of benzene rings is 3. The lowest BCUT2D eigenvalue weighted by atomic mass is 9.64. The quantitative estimate of drug-likeness (QED) is 0.244. The number of aromatic amines is 1. The summed E-state index contributed by atoms with van der Waals surface area (Å²) >= 11 is 0. The SMILES string of the molecule is COc1ccc(C(c2ccccc2)(c2ccc(OC)cc2)C(O)[C@H]2O[C@@H](n3ccc(=O)[nH]c3=O)[C@H](N)[C@@H]2O)cc1. The first-order valence-corrected chi connectivity index (χ1v) is 12.7. The maximum Gasteiger partial charge on any atom is 0.330 e. The summed E-state index contributed by atoms with van der Waals surface area (Å²) in [6, 6.07) is 24.1. The van der Waals surface area contributed by atoms with E-state index in [2.05, 4.69) is 4.98 Å². The normalized spacial score (nSPS) is 21.6. The van der Waals surface area contributed by atoms with Crippen molar-refractivity contribution in [1.82, 2.24) is 9.55 Å². The highest BCUT2D eigenvalue weighted by molar-refractivity contribution is 5.54. The standard InChI is InChI=1S/C30H31N3O7/c1-38-21-12-8-19(9-13-21)30(18-6-4-3-5-7-18,20-10-14-22(39-2)15-11-20)27(36)26-25(35)24(31)28(40-26)33-17-16-23(34)32-29(33)37/h3-17,24-28,35-36H,31H2,1-2H3,(H,32,34,37)/t24-,25+,26+,27?,28-/m1/s1. The summed E-state index contributed by atoms with van der Waals surface area (Å²) in [4.78, 5) is 26.3. The molecule has 1 fully saturated rings. The molecule has 10 heteroatoms. The number of nitrogens with zero attached hydrogens (tertiary/aromatic N) is 1. The number of hydrogen-bond acceptors (Lipinski definition) is 8. The summed E-state index contributed by atoms with van der Waals surface area (Å²) in [6.07, 6.45) is -3.88. The molecule has 1 aliphatic heterocycles. The highest BCUT2D eigenvalue weighted by Gasteiger charge is 2.54. The van der Waals surface area contributed by atoms with E-state index in [-0.39, 0.29) is 0 Å². The number of ether oxygens (including phenoxy) is 3. The van der Waals surface area contributed by atoms with Gasteiger partial charge in [-0.25, -0.2) is 4.79 Å². The fraction of sp³-hybridized carbons (Fsp3) is 0.267. The zero-order chi connectivity index (χ0) is 28.4. The minimum atomic E-state index is -1.40. The van der Waals surface area contributed by atoms with Crippen LogP contribution in [0.25, 0.3) is 0 Å².